The number of halogens is 1. The van der Waals surface area contributed by atoms with E-state index in [-0.39, 0.29) is 5.78 Å². The molecule has 0 radical (unpaired) electrons. The minimum Gasteiger partial charge on any atom is -0.301 e. The normalized spacial score (nSPS) is 17.8. The topological polar surface area (TPSA) is 37.4 Å². The third-order valence-electron chi connectivity index (χ3n) is 3.10. The Morgan fingerprint density at radius 2 is 1.94 bits per heavy atom. The van der Waals surface area contributed by atoms with Crippen molar-refractivity contribution in [2.75, 3.05) is 31.1 Å². The first-order valence-electron chi connectivity index (χ1n) is 6.02. The summed E-state index contributed by atoms with van der Waals surface area (Å²) in [6.45, 7) is 2.37. The lowest BCUT2D eigenvalue weighted by molar-refractivity contribution is 0.0966. The molecule has 1 aliphatic heterocycles. The smallest absolute Gasteiger partial charge is 0.165 e. The highest BCUT2D eigenvalue weighted by molar-refractivity contribution is 7.85. The molecule has 1 aromatic carbocycles. The van der Waals surface area contributed by atoms with Crippen LogP contribution in [0.5, 0.6) is 0 Å². The van der Waals surface area contributed by atoms with E-state index in [9.17, 15) is 9.00 Å². The van der Waals surface area contributed by atoms with Gasteiger partial charge in [-0.1, -0.05) is 23.7 Å². The van der Waals surface area contributed by atoms with Crippen molar-refractivity contribution in [2.24, 2.45) is 0 Å². The molecular formula is C13H16ClNO2S. The van der Waals surface area contributed by atoms with Gasteiger partial charge in [-0.05, 0) is 12.1 Å². The molecule has 2 rings (SSSR count). The van der Waals surface area contributed by atoms with E-state index in [2.05, 4.69) is 4.90 Å². The third kappa shape index (κ3) is 3.64. The summed E-state index contributed by atoms with van der Waals surface area (Å²) in [5.41, 5.74) is 0.597. The highest BCUT2D eigenvalue weighted by Gasteiger charge is 2.17. The number of benzene rings is 1. The molecule has 0 unspecified atom stereocenters. The van der Waals surface area contributed by atoms with Crippen molar-refractivity contribution in [2.45, 2.75) is 6.42 Å². The van der Waals surface area contributed by atoms with Gasteiger partial charge in [0, 0.05) is 53.9 Å². The first-order valence-corrected chi connectivity index (χ1v) is 7.88. The number of hydrogen-bond donors (Lipinski definition) is 0. The van der Waals surface area contributed by atoms with Crippen LogP contribution in [0.2, 0.25) is 5.02 Å². The van der Waals surface area contributed by atoms with Gasteiger partial charge in [-0.3, -0.25) is 9.00 Å². The Morgan fingerprint density at radius 3 is 2.61 bits per heavy atom. The molecule has 1 heterocycles. The lowest BCUT2D eigenvalue weighted by Gasteiger charge is -2.25. The highest BCUT2D eigenvalue weighted by Crippen LogP contribution is 2.17. The van der Waals surface area contributed by atoms with Crippen LogP contribution >= 0.6 is 11.6 Å². The van der Waals surface area contributed by atoms with E-state index >= 15 is 0 Å². The Labute approximate surface area is 115 Å². The summed E-state index contributed by atoms with van der Waals surface area (Å²) in [7, 11) is -0.663. The van der Waals surface area contributed by atoms with Crippen molar-refractivity contribution in [3.05, 3.63) is 34.9 Å². The first-order chi connectivity index (χ1) is 8.66. The SMILES string of the molecule is O=C(CCN1CCS(=O)CC1)c1ccccc1Cl. The van der Waals surface area contributed by atoms with E-state index in [1.807, 2.05) is 12.1 Å². The van der Waals surface area contributed by atoms with Crippen LogP contribution in [0.25, 0.3) is 0 Å². The first kappa shape index (κ1) is 13.7. The number of Topliss-reactive ketones (excluding diaryl/α,β-unsaturated/α-hetero) is 1. The van der Waals surface area contributed by atoms with E-state index in [4.69, 9.17) is 11.6 Å². The molecule has 0 atom stereocenters. The molecule has 0 saturated carbocycles. The zero-order chi connectivity index (χ0) is 13.0. The van der Waals surface area contributed by atoms with Gasteiger partial charge in [-0.25, -0.2) is 0 Å². The van der Waals surface area contributed by atoms with Gasteiger partial charge in [-0.15, -0.1) is 0 Å². The Kier molecular flexibility index (Phi) is 4.92. The summed E-state index contributed by atoms with van der Waals surface area (Å²) in [5, 5.41) is 0.516. The number of ketones is 1. The predicted molar refractivity (Wildman–Crippen MR) is 74.7 cm³/mol. The van der Waals surface area contributed by atoms with Crippen LogP contribution in [-0.4, -0.2) is 46.0 Å². The molecule has 1 saturated heterocycles. The van der Waals surface area contributed by atoms with E-state index in [0.29, 0.717) is 17.0 Å². The lowest BCUT2D eigenvalue weighted by atomic mass is 10.1. The molecule has 0 aliphatic carbocycles. The van der Waals surface area contributed by atoms with E-state index in [1.165, 1.54) is 0 Å². The minimum absolute atomic E-state index is 0.0762. The van der Waals surface area contributed by atoms with E-state index in [1.54, 1.807) is 12.1 Å². The number of nitrogens with zero attached hydrogens (tertiary/aromatic N) is 1. The summed E-state index contributed by atoms with van der Waals surface area (Å²) in [4.78, 5) is 14.2. The van der Waals surface area contributed by atoms with Crippen LogP contribution in [0.4, 0.5) is 0 Å². The molecule has 0 spiro atoms. The molecule has 3 nitrogen and oxygen atoms in total. The van der Waals surface area contributed by atoms with Crippen molar-refractivity contribution in [3.63, 3.8) is 0 Å². The van der Waals surface area contributed by atoms with Crippen molar-refractivity contribution in [1.82, 2.24) is 4.90 Å². The molecule has 1 aliphatic rings. The summed E-state index contributed by atoms with van der Waals surface area (Å²) in [6, 6.07) is 7.14. The van der Waals surface area contributed by atoms with Crippen molar-refractivity contribution in [3.8, 4) is 0 Å². The molecule has 0 bridgehead atoms. The van der Waals surface area contributed by atoms with Gasteiger partial charge in [0.05, 0.1) is 5.02 Å². The van der Waals surface area contributed by atoms with E-state index in [0.717, 1.165) is 31.1 Å². The average Bonchev–Trinajstić information content (AvgIpc) is 2.38. The number of hydrogen-bond acceptors (Lipinski definition) is 3. The van der Waals surface area contributed by atoms with Crippen molar-refractivity contribution >= 4 is 28.2 Å². The molecule has 1 aromatic rings. The number of rotatable bonds is 4. The van der Waals surface area contributed by atoms with Gasteiger partial charge in [0.15, 0.2) is 5.78 Å². The summed E-state index contributed by atoms with van der Waals surface area (Å²) < 4.78 is 11.2. The van der Waals surface area contributed by atoms with E-state index < -0.39 is 10.8 Å². The molecule has 0 aromatic heterocycles. The molecule has 18 heavy (non-hydrogen) atoms. The zero-order valence-electron chi connectivity index (χ0n) is 10.1. The monoisotopic (exact) mass is 285 g/mol. The van der Waals surface area contributed by atoms with Crippen LogP contribution < -0.4 is 0 Å². The predicted octanol–water partition coefficient (Wildman–Crippen LogP) is 1.98. The van der Waals surface area contributed by atoms with Gasteiger partial charge in [0.1, 0.15) is 0 Å². The van der Waals surface area contributed by atoms with Crippen LogP contribution in [0.3, 0.4) is 0 Å². The quantitative estimate of drug-likeness (QED) is 0.794. The maximum Gasteiger partial charge on any atom is 0.165 e. The Morgan fingerprint density at radius 1 is 1.28 bits per heavy atom. The fourth-order valence-corrected chi connectivity index (χ4v) is 3.35. The minimum atomic E-state index is -0.663. The lowest BCUT2D eigenvalue weighted by Crippen LogP contribution is -2.38. The maximum absolute atomic E-state index is 12.0. The molecule has 1 fully saturated rings. The maximum atomic E-state index is 12.0. The number of carbonyl (C=O) groups excluding carboxylic acids is 1. The van der Waals surface area contributed by atoms with Crippen LogP contribution in [0.15, 0.2) is 24.3 Å². The second-order valence-electron chi connectivity index (χ2n) is 4.34. The van der Waals surface area contributed by atoms with Crippen LogP contribution in [0, 0.1) is 0 Å². The second kappa shape index (κ2) is 6.45. The highest BCUT2D eigenvalue weighted by atomic mass is 35.5. The molecule has 0 N–H and O–H groups in total. The average molecular weight is 286 g/mol. The Bertz CT molecular complexity index is 454. The molecule has 5 heteroatoms. The molecular weight excluding hydrogens is 270 g/mol. The number of carbonyl (C=O) groups is 1. The van der Waals surface area contributed by atoms with Gasteiger partial charge in [0.2, 0.25) is 0 Å². The summed E-state index contributed by atoms with van der Waals surface area (Å²) in [5.74, 6) is 1.52. The van der Waals surface area contributed by atoms with Gasteiger partial charge in [0.25, 0.3) is 0 Å². The largest absolute Gasteiger partial charge is 0.301 e. The fourth-order valence-electron chi connectivity index (χ4n) is 1.98. The summed E-state index contributed by atoms with van der Waals surface area (Å²) in [6.07, 6.45) is 0.469. The molecule has 0 amide bonds. The standard InChI is InChI=1S/C13H16ClNO2S/c14-12-4-2-1-3-11(12)13(16)5-6-15-7-9-18(17)10-8-15/h1-4H,5-10H2. The van der Waals surface area contributed by atoms with Crippen LogP contribution in [-0.2, 0) is 10.8 Å². The van der Waals surface area contributed by atoms with Gasteiger partial charge in [-0.2, -0.15) is 0 Å². The third-order valence-corrected chi connectivity index (χ3v) is 4.71. The van der Waals surface area contributed by atoms with Gasteiger partial charge >= 0.3 is 0 Å². The Balaban J connectivity index is 1.85. The zero-order valence-corrected chi connectivity index (χ0v) is 11.7. The second-order valence-corrected chi connectivity index (χ2v) is 6.45. The van der Waals surface area contributed by atoms with Crippen molar-refractivity contribution < 1.29 is 9.00 Å². The Hall–Kier alpha value is -0.710. The van der Waals surface area contributed by atoms with Crippen LogP contribution in [0.1, 0.15) is 16.8 Å². The van der Waals surface area contributed by atoms with Crippen molar-refractivity contribution in [1.29, 1.82) is 0 Å². The fraction of sp³-hybridized carbons (Fsp3) is 0.462. The van der Waals surface area contributed by atoms with Gasteiger partial charge < -0.3 is 4.90 Å². The molecule has 98 valence electrons. The summed E-state index contributed by atoms with van der Waals surface area (Å²) >= 11 is 5.99.